The van der Waals surface area contributed by atoms with Gasteiger partial charge in [0.1, 0.15) is 6.54 Å². The number of nitrogens with one attached hydrogen (secondary N) is 1. The van der Waals surface area contributed by atoms with Crippen molar-refractivity contribution in [2.75, 3.05) is 19.0 Å². The summed E-state index contributed by atoms with van der Waals surface area (Å²) in [6.07, 6.45) is 4.73. The lowest BCUT2D eigenvalue weighted by atomic mass is 10.1. The molecule has 9 nitrogen and oxygen atoms in total. The topological polar surface area (TPSA) is 100 Å². The lowest BCUT2D eigenvalue weighted by Crippen LogP contribution is -2.43. The fourth-order valence-corrected chi connectivity index (χ4v) is 4.13. The first kappa shape index (κ1) is 25.1. The Bertz CT molecular complexity index is 1440. The largest absolute Gasteiger partial charge is 0.383 e. The first-order valence-electron chi connectivity index (χ1n) is 12.1. The molecule has 9 heteroatoms. The number of aryl methyl sites for hydroxylation is 1. The Morgan fingerprint density at radius 3 is 2.44 bits per heavy atom. The predicted octanol–water partition coefficient (Wildman–Crippen LogP) is 3.04. The molecule has 0 aliphatic rings. The van der Waals surface area contributed by atoms with Crippen LogP contribution in [-0.4, -0.2) is 38.3 Å². The van der Waals surface area contributed by atoms with E-state index in [2.05, 4.69) is 17.2 Å². The van der Waals surface area contributed by atoms with Crippen molar-refractivity contribution in [1.82, 2.24) is 18.7 Å². The lowest BCUT2D eigenvalue weighted by molar-refractivity contribution is -0.116. The number of imidazole rings is 1. The zero-order chi connectivity index (χ0) is 25.5. The molecule has 2 heterocycles. The molecule has 0 aliphatic carbocycles. The molecule has 0 radical (unpaired) electrons. The predicted molar refractivity (Wildman–Crippen MR) is 139 cm³/mol. The summed E-state index contributed by atoms with van der Waals surface area (Å²) < 4.78 is 9.22. The molecule has 0 unspecified atom stereocenters. The van der Waals surface area contributed by atoms with Crippen LogP contribution in [-0.2, 0) is 35.6 Å². The molecule has 0 spiro atoms. The molecule has 188 valence electrons. The second kappa shape index (κ2) is 11.6. The summed E-state index contributed by atoms with van der Waals surface area (Å²) in [6.45, 7) is 2.72. The van der Waals surface area contributed by atoms with E-state index in [4.69, 9.17) is 4.74 Å². The number of methoxy groups -OCH3 is 1. The third-order valence-corrected chi connectivity index (χ3v) is 6.06. The van der Waals surface area contributed by atoms with Crippen LogP contribution in [0.25, 0.3) is 11.2 Å². The highest BCUT2D eigenvalue weighted by Gasteiger charge is 2.20. The van der Waals surface area contributed by atoms with E-state index in [-0.39, 0.29) is 17.7 Å². The van der Waals surface area contributed by atoms with Gasteiger partial charge in [-0.1, -0.05) is 55.8 Å². The Hall–Kier alpha value is -3.98. The van der Waals surface area contributed by atoms with E-state index < -0.39 is 23.7 Å². The van der Waals surface area contributed by atoms with Gasteiger partial charge >= 0.3 is 5.69 Å². The Balaban J connectivity index is 1.67. The number of anilines is 1. The normalized spacial score (nSPS) is 11.2. The van der Waals surface area contributed by atoms with Crippen molar-refractivity contribution in [3.63, 3.8) is 0 Å². The van der Waals surface area contributed by atoms with Crippen LogP contribution >= 0.6 is 0 Å². The van der Waals surface area contributed by atoms with Crippen molar-refractivity contribution in [3.05, 3.63) is 92.9 Å². The summed E-state index contributed by atoms with van der Waals surface area (Å²) >= 11 is 0. The fraction of sp³-hybridized carbons (Fsp3) is 0.333. The van der Waals surface area contributed by atoms with E-state index in [9.17, 15) is 14.4 Å². The molecule has 0 atom stereocenters. The van der Waals surface area contributed by atoms with Crippen LogP contribution in [0.4, 0.5) is 5.69 Å². The van der Waals surface area contributed by atoms with Gasteiger partial charge in [0.05, 0.1) is 19.5 Å². The number of aromatic nitrogens is 4. The van der Waals surface area contributed by atoms with Gasteiger partial charge in [0.25, 0.3) is 5.56 Å². The minimum Gasteiger partial charge on any atom is -0.383 e. The number of carbonyl (C=O) groups excluding carboxylic acids is 1. The molecular weight excluding hydrogens is 458 g/mol. The maximum Gasteiger partial charge on any atom is 0.333 e. The van der Waals surface area contributed by atoms with Gasteiger partial charge in [-0.15, -0.1) is 0 Å². The summed E-state index contributed by atoms with van der Waals surface area (Å²) in [5, 5.41) is 2.80. The summed E-state index contributed by atoms with van der Waals surface area (Å²) in [6, 6.07) is 17.1. The first-order chi connectivity index (χ1) is 17.5. The zero-order valence-electron chi connectivity index (χ0n) is 20.6. The Morgan fingerprint density at radius 1 is 1.00 bits per heavy atom. The monoisotopic (exact) mass is 489 g/mol. The number of benzene rings is 2. The third kappa shape index (κ3) is 5.63. The molecule has 1 N–H and O–H groups in total. The van der Waals surface area contributed by atoms with Crippen LogP contribution in [0.15, 0.2) is 70.5 Å². The Kier molecular flexibility index (Phi) is 8.12. The minimum absolute atomic E-state index is 0.221. The molecule has 0 aliphatic heterocycles. The highest BCUT2D eigenvalue weighted by atomic mass is 16.5. The molecule has 0 saturated carbocycles. The molecule has 4 aromatic rings. The Morgan fingerprint density at radius 2 is 1.75 bits per heavy atom. The van der Waals surface area contributed by atoms with Gasteiger partial charge in [0, 0.05) is 19.3 Å². The minimum atomic E-state index is -0.585. The van der Waals surface area contributed by atoms with E-state index >= 15 is 0 Å². The lowest BCUT2D eigenvalue weighted by Gasteiger charge is -2.13. The standard InChI is InChI=1S/C27H31N5O4/c1-3-4-8-20-11-13-22(14-12-20)29-23(33)18-32-26(34)24-25(28-19-30(24)15-16-36-2)31(27(32)35)17-21-9-6-5-7-10-21/h5-7,9-14,19H,3-4,8,15-18H2,1-2H3,(H,29,33). The molecule has 4 rings (SSSR count). The number of rotatable bonds is 11. The summed E-state index contributed by atoms with van der Waals surface area (Å²) in [5.41, 5.74) is 2.09. The van der Waals surface area contributed by atoms with Crippen molar-refractivity contribution >= 4 is 22.8 Å². The number of ether oxygens (including phenoxy) is 1. The van der Waals surface area contributed by atoms with Crippen molar-refractivity contribution < 1.29 is 9.53 Å². The smallest absolute Gasteiger partial charge is 0.333 e. The van der Waals surface area contributed by atoms with Crippen molar-refractivity contribution in [1.29, 1.82) is 0 Å². The number of hydrogen-bond donors (Lipinski definition) is 1. The van der Waals surface area contributed by atoms with E-state index in [1.165, 1.54) is 16.5 Å². The summed E-state index contributed by atoms with van der Waals surface area (Å²) in [5.74, 6) is -0.455. The number of nitrogens with zero attached hydrogens (tertiary/aromatic N) is 4. The van der Waals surface area contributed by atoms with Crippen LogP contribution in [0, 0.1) is 0 Å². The quantitative estimate of drug-likeness (QED) is 0.349. The van der Waals surface area contributed by atoms with Crippen molar-refractivity contribution in [3.8, 4) is 0 Å². The van der Waals surface area contributed by atoms with Gasteiger partial charge in [-0.05, 0) is 36.1 Å². The molecule has 0 fully saturated rings. The van der Waals surface area contributed by atoms with Crippen LogP contribution in [0.3, 0.4) is 0 Å². The van der Waals surface area contributed by atoms with Crippen LogP contribution in [0.1, 0.15) is 30.9 Å². The molecular formula is C27H31N5O4. The fourth-order valence-electron chi connectivity index (χ4n) is 4.13. The van der Waals surface area contributed by atoms with Gasteiger partial charge in [-0.2, -0.15) is 0 Å². The van der Waals surface area contributed by atoms with Crippen molar-refractivity contribution in [2.24, 2.45) is 0 Å². The molecule has 0 saturated heterocycles. The van der Waals surface area contributed by atoms with Crippen LogP contribution < -0.4 is 16.6 Å². The number of fused-ring (bicyclic) bond motifs is 1. The average molecular weight is 490 g/mol. The first-order valence-corrected chi connectivity index (χ1v) is 12.1. The van der Waals surface area contributed by atoms with Crippen LogP contribution in [0.2, 0.25) is 0 Å². The highest BCUT2D eigenvalue weighted by Crippen LogP contribution is 2.13. The number of unbranched alkanes of at least 4 members (excludes halogenated alkanes) is 1. The number of amides is 1. The van der Waals surface area contributed by atoms with E-state index in [1.807, 2.05) is 54.6 Å². The van der Waals surface area contributed by atoms with Gasteiger partial charge < -0.3 is 14.6 Å². The highest BCUT2D eigenvalue weighted by molar-refractivity contribution is 5.90. The van der Waals surface area contributed by atoms with Gasteiger partial charge in [-0.3, -0.25) is 14.2 Å². The number of carbonyl (C=O) groups is 1. The molecule has 36 heavy (non-hydrogen) atoms. The third-order valence-electron chi connectivity index (χ3n) is 6.06. The summed E-state index contributed by atoms with van der Waals surface area (Å²) in [7, 11) is 1.57. The zero-order valence-corrected chi connectivity index (χ0v) is 20.6. The van der Waals surface area contributed by atoms with Crippen LogP contribution in [0.5, 0.6) is 0 Å². The van der Waals surface area contributed by atoms with E-state index in [0.717, 1.165) is 29.4 Å². The summed E-state index contributed by atoms with van der Waals surface area (Å²) in [4.78, 5) is 44.1. The maximum atomic E-state index is 13.4. The SMILES string of the molecule is CCCCc1ccc(NC(=O)Cn2c(=O)c3c(ncn3CCOC)n(Cc3ccccc3)c2=O)cc1. The Labute approximate surface area is 209 Å². The average Bonchev–Trinajstić information content (AvgIpc) is 3.32. The maximum absolute atomic E-state index is 13.4. The van der Waals surface area contributed by atoms with E-state index in [0.29, 0.717) is 18.8 Å². The van der Waals surface area contributed by atoms with Gasteiger partial charge in [-0.25, -0.2) is 14.3 Å². The number of hydrogen-bond acceptors (Lipinski definition) is 5. The molecule has 1 amide bonds. The molecule has 2 aromatic heterocycles. The molecule has 2 aromatic carbocycles. The van der Waals surface area contributed by atoms with Gasteiger partial charge in [0.2, 0.25) is 5.91 Å². The van der Waals surface area contributed by atoms with E-state index in [1.54, 1.807) is 11.7 Å². The second-order valence-corrected chi connectivity index (χ2v) is 8.70. The molecule has 0 bridgehead atoms. The second-order valence-electron chi connectivity index (χ2n) is 8.70. The van der Waals surface area contributed by atoms with Crippen molar-refractivity contribution in [2.45, 2.75) is 45.8 Å². The van der Waals surface area contributed by atoms with Gasteiger partial charge in [0.15, 0.2) is 11.2 Å².